The molecular formula is C15H24N2O4. The van der Waals surface area contributed by atoms with Crippen molar-refractivity contribution in [1.82, 2.24) is 9.80 Å². The highest BCUT2D eigenvalue weighted by atomic mass is 16.4. The average molecular weight is 296 g/mol. The van der Waals surface area contributed by atoms with Gasteiger partial charge in [0.25, 0.3) is 0 Å². The summed E-state index contributed by atoms with van der Waals surface area (Å²) in [4.78, 5) is 39.0. The Labute approximate surface area is 125 Å². The van der Waals surface area contributed by atoms with E-state index in [-0.39, 0.29) is 24.2 Å². The van der Waals surface area contributed by atoms with Crippen LogP contribution in [0.5, 0.6) is 0 Å². The van der Waals surface area contributed by atoms with E-state index in [1.54, 1.807) is 4.90 Å². The van der Waals surface area contributed by atoms with Crippen molar-refractivity contribution >= 4 is 17.8 Å². The first-order valence-corrected chi connectivity index (χ1v) is 7.71. The van der Waals surface area contributed by atoms with Gasteiger partial charge >= 0.3 is 5.97 Å². The summed E-state index contributed by atoms with van der Waals surface area (Å²) in [5, 5.41) is 9.25. The molecule has 6 heteroatoms. The van der Waals surface area contributed by atoms with Crippen LogP contribution in [0.3, 0.4) is 0 Å². The Morgan fingerprint density at radius 3 is 2.67 bits per heavy atom. The first-order chi connectivity index (χ1) is 9.90. The SMILES string of the molecule is CC(C)CN1CC(C(=O)N2CCCC[C@H]2C(=O)O)CC1=O. The van der Waals surface area contributed by atoms with Crippen molar-refractivity contribution in [2.24, 2.45) is 11.8 Å². The number of carboxylic acid groups (broad SMARTS) is 1. The molecule has 118 valence electrons. The quantitative estimate of drug-likeness (QED) is 0.838. The smallest absolute Gasteiger partial charge is 0.326 e. The maximum atomic E-state index is 12.6. The number of carboxylic acids is 1. The molecule has 6 nitrogen and oxygen atoms in total. The van der Waals surface area contributed by atoms with Crippen LogP contribution in [0.2, 0.25) is 0 Å². The van der Waals surface area contributed by atoms with Gasteiger partial charge < -0.3 is 14.9 Å². The molecule has 0 aliphatic carbocycles. The molecule has 2 aliphatic heterocycles. The Balaban J connectivity index is 2.02. The Kier molecular flexibility index (Phi) is 4.85. The zero-order chi connectivity index (χ0) is 15.6. The average Bonchev–Trinajstić information content (AvgIpc) is 2.78. The van der Waals surface area contributed by atoms with Gasteiger partial charge in [0.15, 0.2) is 0 Å². The third kappa shape index (κ3) is 3.54. The summed E-state index contributed by atoms with van der Waals surface area (Å²) in [7, 11) is 0. The summed E-state index contributed by atoms with van der Waals surface area (Å²) >= 11 is 0. The number of likely N-dealkylation sites (tertiary alicyclic amines) is 2. The van der Waals surface area contributed by atoms with Crippen molar-refractivity contribution in [3.63, 3.8) is 0 Å². The molecule has 1 N–H and O–H groups in total. The van der Waals surface area contributed by atoms with E-state index in [0.717, 1.165) is 12.8 Å². The van der Waals surface area contributed by atoms with Gasteiger partial charge in [-0.05, 0) is 25.2 Å². The van der Waals surface area contributed by atoms with Gasteiger partial charge in [0.1, 0.15) is 6.04 Å². The lowest BCUT2D eigenvalue weighted by Gasteiger charge is -2.34. The number of piperidine rings is 1. The fourth-order valence-electron chi connectivity index (χ4n) is 3.24. The van der Waals surface area contributed by atoms with Gasteiger partial charge in [-0.1, -0.05) is 13.8 Å². The summed E-state index contributed by atoms with van der Waals surface area (Å²) in [5.41, 5.74) is 0. The molecule has 0 spiro atoms. The van der Waals surface area contributed by atoms with Gasteiger partial charge in [-0.3, -0.25) is 9.59 Å². The number of aliphatic carboxylic acids is 1. The van der Waals surface area contributed by atoms with Crippen LogP contribution in [0, 0.1) is 11.8 Å². The van der Waals surface area contributed by atoms with Crippen LogP contribution in [-0.2, 0) is 14.4 Å². The second kappa shape index (κ2) is 6.45. The summed E-state index contributed by atoms with van der Waals surface area (Å²) in [6.45, 7) is 5.65. The van der Waals surface area contributed by atoms with Crippen molar-refractivity contribution in [3.8, 4) is 0 Å². The fourth-order valence-corrected chi connectivity index (χ4v) is 3.24. The summed E-state index contributed by atoms with van der Waals surface area (Å²) in [6, 6.07) is -0.722. The Morgan fingerprint density at radius 1 is 1.33 bits per heavy atom. The topological polar surface area (TPSA) is 77.9 Å². The minimum absolute atomic E-state index is 0.00549. The number of amides is 2. The largest absolute Gasteiger partial charge is 0.480 e. The zero-order valence-corrected chi connectivity index (χ0v) is 12.7. The number of nitrogens with zero attached hydrogens (tertiary/aromatic N) is 2. The minimum atomic E-state index is -0.939. The lowest BCUT2D eigenvalue weighted by atomic mass is 9.98. The van der Waals surface area contributed by atoms with Crippen molar-refractivity contribution in [1.29, 1.82) is 0 Å². The van der Waals surface area contributed by atoms with Crippen molar-refractivity contribution < 1.29 is 19.5 Å². The molecule has 2 rings (SSSR count). The fraction of sp³-hybridized carbons (Fsp3) is 0.800. The Bertz CT molecular complexity index is 435. The van der Waals surface area contributed by atoms with E-state index in [2.05, 4.69) is 0 Å². The highest BCUT2D eigenvalue weighted by molar-refractivity contribution is 5.91. The third-order valence-corrected chi connectivity index (χ3v) is 4.22. The lowest BCUT2D eigenvalue weighted by Crippen LogP contribution is -2.50. The summed E-state index contributed by atoms with van der Waals surface area (Å²) in [6.07, 6.45) is 2.40. The van der Waals surface area contributed by atoms with E-state index in [4.69, 9.17) is 0 Å². The van der Waals surface area contributed by atoms with E-state index in [1.165, 1.54) is 4.90 Å². The standard InChI is InChI=1S/C15H24N2O4/c1-10(2)8-16-9-11(7-13(16)18)14(19)17-6-4-3-5-12(17)15(20)21/h10-12H,3-9H2,1-2H3,(H,20,21)/t11?,12-/m0/s1. The molecule has 0 bridgehead atoms. The van der Waals surface area contributed by atoms with Crippen LogP contribution in [0.15, 0.2) is 0 Å². The van der Waals surface area contributed by atoms with Gasteiger partial charge in [0.05, 0.1) is 5.92 Å². The van der Waals surface area contributed by atoms with Crippen molar-refractivity contribution in [3.05, 3.63) is 0 Å². The van der Waals surface area contributed by atoms with Gasteiger partial charge in [0, 0.05) is 26.1 Å². The molecule has 2 heterocycles. The molecule has 1 unspecified atom stereocenters. The molecular weight excluding hydrogens is 272 g/mol. The van der Waals surface area contributed by atoms with Crippen molar-refractivity contribution in [2.45, 2.75) is 45.6 Å². The second-order valence-corrected chi connectivity index (χ2v) is 6.48. The number of carbonyl (C=O) groups is 3. The zero-order valence-electron chi connectivity index (χ0n) is 12.7. The summed E-state index contributed by atoms with van der Waals surface area (Å²) < 4.78 is 0. The van der Waals surface area contributed by atoms with Gasteiger partial charge in [0.2, 0.25) is 11.8 Å². The predicted octanol–water partition coefficient (Wildman–Crippen LogP) is 0.957. The number of rotatable bonds is 4. The van der Waals surface area contributed by atoms with Gasteiger partial charge in [-0.25, -0.2) is 4.79 Å². The third-order valence-electron chi connectivity index (χ3n) is 4.22. The van der Waals surface area contributed by atoms with Crippen LogP contribution in [-0.4, -0.2) is 58.4 Å². The monoisotopic (exact) mass is 296 g/mol. The van der Waals surface area contributed by atoms with E-state index >= 15 is 0 Å². The molecule has 2 fully saturated rings. The van der Waals surface area contributed by atoms with Crippen LogP contribution < -0.4 is 0 Å². The molecule has 21 heavy (non-hydrogen) atoms. The molecule has 2 saturated heterocycles. The van der Waals surface area contributed by atoms with Crippen LogP contribution >= 0.6 is 0 Å². The van der Waals surface area contributed by atoms with Crippen molar-refractivity contribution in [2.75, 3.05) is 19.6 Å². The predicted molar refractivity (Wildman–Crippen MR) is 76.5 cm³/mol. The molecule has 0 radical (unpaired) electrons. The second-order valence-electron chi connectivity index (χ2n) is 6.48. The Morgan fingerprint density at radius 2 is 2.05 bits per heavy atom. The molecule has 0 saturated carbocycles. The normalized spacial score (nSPS) is 26.5. The minimum Gasteiger partial charge on any atom is -0.480 e. The lowest BCUT2D eigenvalue weighted by molar-refractivity contribution is -0.153. The van der Waals surface area contributed by atoms with Crippen LogP contribution in [0.1, 0.15) is 39.5 Å². The Hall–Kier alpha value is -1.59. The molecule has 2 atom stereocenters. The molecule has 2 amide bonds. The maximum absolute atomic E-state index is 12.6. The molecule has 0 aromatic heterocycles. The van der Waals surface area contributed by atoms with Gasteiger partial charge in [-0.15, -0.1) is 0 Å². The first kappa shape index (κ1) is 15.8. The molecule has 2 aliphatic rings. The highest BCUT2D eigenvalue weighted by Crippen LogP contribution is 2.25. The van der Waals surface area contributed by atoms with E-state index in [9.17, 15) is 19.5 Å². The van der Waals surface area contributed by atoms with E-state index in [0.29, 0.717) is 32.0 Å². The molecule has 0 aromatic rings. The number of hydrogen-bond donors (Lipinski definition) is 1. The van der Waals surface area contributed by atoms with Crippen LogP contribution in [0.4, 0.5) is 0 Å². The number of carbonyl (C=O) groups excluding carboxylic acids is 2. The summed E-state index contributed by atoms with van der Waals surface area (Å²) in [5.74, 6) is -1.11. The highest BCUT2D eigenvalue weighted by Gasteiger charge is 2.40. The maximum Gasteiger partial charge on any atom is 0.326 e. The van der Waals surface area contributed by atoms with E-state index in [1.807, 2.05) is 13.8 Å². The van der Waals surface area contributed by atoms with Gasteiger partial charge in [-0.2, -0.15) is 0 Å². The molecule has 0 aromatic carbocycles. The van der Waals surface area contributed by atoms with E-state index < -0.39 is 12.0 Å². The first-order valence-electron chi connectivity index (χ1n) is 7.71. The number of hydrogen-bond acceptors (Lipinski definition) is 3. The van der Waals surface area contributed by atoms with Crippen LogP contribution in [0.25, 0.3) is 0 Å².